The first-order chi connectivity index (χ1) is 13.4. The van der Waals surface area contributed by atoms with Crippen LogP contribution >= 0.6 is 0 Å². The Morgan fingerprint density at radius 1 is 1.04 bits per heavy atom. The molecule has 2 amide bonds. The lowest BCUT2D eigenvalue weighted by molar-refractivity contribution is -0.144. The number of hydrogen-bond donors (Lipinski definition) is 2. The van der Waals surface area contributed by atoms with Crippen LogP contribution in [-0.2, 0) is 14.4 Å². The van der Waals surface area contributed by atoms with Crippen LogP contribution in [0.25, 0.3) is 0 Å². The summed E-state index contributed by atoms with van der Waals surface area (Å²) >= 11 is 0. The number of benzene rings is 1. The van der Waals surface area contributed by atoms with Crippen LogP contribution in [0.1, 0.15) is 38.5 Å². The highest BCUT2D eigenvalue weighted by atomic mass is 16.2. The lowest BCUT2D eigenvalue weighted by Gasteiger charge is -2.56. The van der Waals surface area contributed by atoms with Gasteiger partial charge in [0.05, 0.1) is 5.69 Å². The molecule has 1 heterocycles. The molecule has 5 aliphatic rings. The molecule has 28 heavy (non-hydrogen) atoms. The average molecular weight is 380 g/mol. The molecular formula is C21H24N4O3. The maximum atomic E-state index is 12.8. The van der Waals surface area contributed by atoms with Gasteiger partial charge in [0.25, 0.3) is 11.8 Å². The number of carbonyl (C=O) groups is 3. The highest BCUT2D eigenvalue weighted by Gasteiger charge is 2.53. The van der Waals surface area contributed by atoms with Gasteiger partial charge in [-0.2, -0.15) is 10.1 Å². The van der Waals surface area contributed by atoms with Gasteiger partial charge in [0, 0.05) is 5.54 Å². The zero-order chi connectivity index (χ0) is 19.5. The molecule has 0 spiro atoms. The Morgan fingerprint density at radius 3 is 2.18 bits per heavy atom. The van der Waals surface area contributed by atoms with E-state index in [9.17, 15) is 14.4 Å². The lowest BCUT2D eigenvalue weighted by Crippen LogP contribution is -2.61. The van der Waals surface area contributed by atoms with Crippen molar-refractivity contribution in [2.24, 2.45) is 34.5 Å². The van der Waals surface area contributed by atoms with Gasteiger partial charge in [-0.1, -0.05) is 18.2 Å². The van der Waals surface area contributed by atoms with E-state index in [1.807, 2.05) is 6.07 Å². The average Bonchev–Trinajstić information content (AvgIpc) is 2.94. The minimum absolute atomic E-state index is 0.125. The van der Waals surface area contributed by atoms with Crippen molar-refractivity contribution in [2.45, 2.75) is 44.1 Å². The Morgan fingerprint density at radius 2 is 1.61 bits per heavy atom. The van der Waals surface area contributed by atoms with Gasteiger partial charge in [0.1, 0.15) is 5.84 Å². The summed E-state index contributed by atoms with van der Waals surface area (Å²) in [6, 6.07) is 8.76. The number of anilines is 1. The van der Waals surface area contributed by atoms with Gasteiger partial charge >= 0.3 is 0 Å². The van der Waals surface area contributed by atoms with Crippen LogP contribution in [0.5, 0.6) is 0 Å². The summed E-state index contributed by atoms with van der Waals surface area (Å²) in [6.45, 7) is 0. The number of Topliss-reactive ketones (excluding diaryl/α,β-unsaturated/α-hetero) is 1. The van der Waals surface area contributed by atoms with Gasteiger partial charge in [-0.15, -0.1) is 0 Å². The second-order valence-corrected chi connectivity index (χ2v) is 8.96. The number of nitrogens with one attached hydrogen (secondary N) is 1. The summed E-state index contributed by atoms with van der Waals surface area (Å²) in [5.41, 5.74) is 6.12. The van der Waals surface area contributed by atoms with Gasteiger partial charge in [-0.25, -0.2) is 0 Å². The molecule has 4 bridgehead atoms. The fraction of sp³-hybridized carbons (Fsp3) is 0.524. The number of nitrogens with zero attached hydrogens (tertiary/aromatic N) is 2. The van der Waals surface area contributed by atoms with Crippen molar-refractivity contribution in [2.75, 3.05) is 5.01 Å². The maximum Gasteiger partial charge on any atom is 0.289 e. The first kappa shape index (κ1) is 17.4. The molecule has 1 unspecified atom stereocenters. The molecule has 6 rings (SSSR count). The molecule has 1 aromatic carbocycles. The van der Waals surface area contributed by atoms with Gasteiger partial charge in [0.2, 0.25) is 5.78 Å². The topological polar surface area (TPSA) is 105 Å². The molecule has 0 radical (unpaired) electrons. The van der Waals surface area contributed by atoms with Gasteiger partial charge in [-0.05, 0) is 68.4 Å². The van der Waals surface area contributed by atoms with Crippen molar-refractivity contribution >= 4 is 29.1 Å². The van der Waals surface area contributed by atoms with Crippen molar-refractivity contribution in [3.05, 3.63) is 30.3 Å². The van der Waals surface area contributed by atoms with Crippen LogP contribution in [0.4, 0.5) is 5.69 Å². The largest absolute Gasteiger partial charge is 0.385 e. The molecule has 7 heteroatoms. The molecule has 146 valence electrons. The van der Waals surface area contributed by atoms with Crippen LogP contribution in [0.3, 0.4) is 0 Å². The Hall–Kier alpha value is -2.70. The van der Waals surface area contributed by atoms with Crippen molar-refractivity contribution in [3.8, 4) is 0 Å². The minimum Gasteiger partial charge on any atom is -0.385 e. The first-order valence-corrected chi connectivity index (χ1v) is 10.0. The van der Waals surface area contributed by atoms with Crippen molar-refractivity contribution in [1.82, 2.24) is 5.32 Å². The number of amides is 2. The predicted octanol–water partition coefficient (Wildman–Crippen LogP) is 1.58. The van der Waals surface area contributed by atoms with Crippen LogP contribution in [0.15, 0.2) is 35.4 Å². The van der Waals surface area contributed by atoms with E-state index >= 15 is 0 Å². The van der Waals surface area contributed by atoms with Crippen molar-refractivity contribution in [3.63, 3.8) is 0 Å². The first-order valence-electron chi connectivity index (χ1n) is 10.0. The number of carbonyl (C=O) groups excluding carboxylic acids is 3. The lowest BCUT2D eigenvalue weighted by atomic mass is 9.53. The molecule has 0 aromatic heterocycles. The Kier molecular flexibility index (Phi) is 3.82. The smallest absolute Gasteiger partial charge is 0.289 e. The van der Waals surface area contributed by atoms with Gasteiger partial charge < -0.3 is 11.1 Å². The Balaban J connectivity index is 1.32. The Bertz CT molecular complexity index is 844. The van der Waals surface area contributed by atoms with Gasteiger partial charge in [-0.3, -0.25) is 14.4 Å². The maximum absolute atomic E-state index is 12.8. The molecule has 4 aliphatic carbocycles. The van der Waals surface area contributed by atoms with E-state index in [-0.39, 0.29) is 11.4 Å². The van der Waals surface area contributed by atoms with E-state index in [0.29, 0.717) is 23.4 Å². The minimum atomic E-state index is -1.34. The molecule has 7 nitrogen and oxygen atoms in total. The number of amidine groups is 1. The van der Waals surface area contributed by atoms with E-state index in [0.717, 1.165) is 24.3 Å². The van der Waals surface area contributed by atoms with E-state index in [1.165, 1.54) is 19.3 Å². The van der Waals surface area contributed by atoms with E-state index < -0.39 is 23.5 Å². The predicted molar refractivity (Wildman–Crippen MR) is 103 cm³/mol. The molecule has 1 aromatic rings. The standard InChI is InChI=1S/C21H24N4O3/c22-18-16(20(28)25(24-18)15-4-2-1-3-5-15)17(26)19(27)23-21-9-12-6-13(10-21)8-14(7-12)11-21/h1-5,12-14,16H,6-11H2,(H2,22,24)(H,23,27). The zero-order valence-electron chi connectivity index (χ0n) is 15.6. The molecule has 1 atom stereocenters. The number of nitrogens with two attached hydrogens (primary N) is 1. The SMILES string of the molecule is NC1=NN(c2ccccc2)C(=O)C1C(=O)C(=O)NC12CC3CC(CC(C3)C1)C2. The summed E-state index contributed by atoms with van der Waals surface area (Å²) in [6.07, 6.45) is 6.56. The molecule has 3 N–H and O–H groups in total. The molecule has 0 saturated heterocycles. The fourth-order valence-electron chi connectivity index (χ4n) is 6.17. The fourth-order valence-corrected chi connectivity index (χ4v) is 6.17. The van der Waals surface area contributed by atoms with Crippen molar-refractivity contribution < 1.29 is 14.4 Å². The number of para-hydroxylation sites is 1. The van der Waals surface area contributed by atoms with Crippen LogP contribution < -0.4 is 16.1 Å². The van der Waals surface area contributed by atoms with E-state index in [1.54, 1.807) is 24.3 Å². The molecular weight excluding hydrogens is 356 g/mol. The third-order valence-electron chi connectivity index (χ3n) is 6.87. The molecule has 1 aliphatic heterocycles. The van der Waals surface area contributed by atoms with Crippen LogP contribution in [-0.4, -0.2) is 29.0 Å². The van der Waals surface area contributed by atoms with E-state index in [4.69, 9.17) is 5.73 Å². The third-order valence-corrected chi connectivity index (χ3v) is 6.87. The Labute approximate surface area is 163 Å². The van der Waals surface area contributed by atoms with E-state index in [2.05, 4.69) is 10.4 Å². The summed E-state index contributed by atoms with van der Waals surface area (Å²) in [4.78, 5) is 38.4. The summed E-state index contributed by atoms with van der Waals surface area (Å²) in [5.74, 6) is -1.60. The second-order valence-electron chi connectivity index (χ2n) is 8.96. The van der Waals surface area contributed by atoms with Gasteiger partial charge in [0.15, 0.2) is 5.92 Å². The monoisotopic (exact) mass is 380 g/mol. The third kappa shape index (κ3) is 2.72. The van der Waals surface area contributed by atoms with Crippen LogP contribution in [0, 0.1) is 23.7 Å². The second kappa shape index (κ2) is 6.15. The quantitative estimate of drug-likeness (QED) is 0.611. The summed E-state index contributed by atoms with van der Waals surface area (Å²) in [5, 5.41) is 8.16. The number of hydrogen-bond acceptors (Lipinski definition) is 5. The summed E-state index contributed by atoms with van der Waals surface area (Å²) < 4.78 is 0. The zero-order valence-corrected chi connectivity index (χ0v) is 15.6. The van der Waals surface area contributed by atoms with Crippen LogP contribution in [0.2, 0.25) is 0 Å². The molecule has 4 saturated carbocycles. The highest BCUT2D eigenvalue weighted by molar-refractivity contribution is 6.47. The summed E-state index contributed by atoms with van der Waals surface area (Å²) in [7, 11) is 0. The number of hydrazone groups is 1. The van der Waals surface area contributed by atoms with Crippen molar-refractivity contribution in [1.29, 1.82) is 0 Å². The normalized spacial score (nSPS) is 35.8. The number of rotatable bonds is 4. The molecule has 4 fully saturated rings. The number of ketones is 1. The highest BCUT2D eigenvalue weighted by Crippen LogP contribution is 2.55.